The third-order valence-electron chi connectivity index (χ3n) is 2.84. The number of nitrogen functional groups attached to an aromatic ring is 1. The summed E-state index contributed by atoms with van der Waals surface area (Å²) in [5.41, 5.74) is 6.07. The van der Waals surface area contributed by atoms with Gasteiger partial charge in [0, 0.05) is 18.7 Å². The molecule has 0 saturated carbocycles. The second kappa shape index (κ2) is 7.76. The monoisotopic (exact) mass is 265 g/mol. The Morgan fingerprint density at radius 3 is 2.53 bits per heavy atom. The summed E-state index contributed by atoms with van der Waals surface area (Å²) in [6.07, 6.45) is 0.506. The van der Waals surface area contributed by atoms with Gasteiger partial charge in [0.15, 0.2) is 0 Å². The number of ether oxygens (including phenoxy) is 1. The smallest absolute Gasteiger partial charge is 0.122 e. The van der Waals surface area contributed by atoms with Gasteiger partial charge >= 0.3 is 0 Å². The molecule has 0 aliphatic carbocycles. The first kappa shape index (κ1) is 15.5. The van der Waals surface area contributed by atoms with Crippen LogP contribution in [-0.2, 0) is 0 Å². The fourth-order valence-electron chi connectivity index (χ4n) is 1.57. The minimum absolute atomic E-state index is 0.0596. The standard InChI is InChI=1S/C14H23N3O2/c1-11(18)7-8-17(2)9-10-19-13-5-3-12(4-6-13)14(15)16/h3-6,11,18H,7-10H2,1-2H3,(H3,15,16). The Morgan fingerprint density at radius 2 is 2.00 bits per heavy atom. The molecule has 0 spiro atoms. The van der Waals surface area contributed by atoms with E-state index in [4.69, 9.17) is 15.9 Å². The van der Waals surface area contributed by atoms with Gasteiger partial charge in [0.25, 0.3) is 0 Å². The van der Waals surface area contributed by atoms with Crippen LogP contribution in [0.2, 0.25) is 0 Å². The summed E-state index contributed by atoms with van der Waals surface area (Å²) in [6, 6.07) is 7.17. The van der Waals surface area contributed by atoms with Crippen molar-refractivity contribution in [3.63, 3.8) is 0 Å². The van der Waals surface area contributed by atoms with Crippen molar-refractivity contribution in [2.45, 2.75) is 19.4 Å². The molecule has 5 nitrogen and oxygen atoms in total. The molecular weight excluding hydrogens is 242 g/mol. The van der Waals surface area contributed by atoms with Crippen LogP contribution in [0.15, 0.2) is 24.3 Å². The molecule has 1 aromatic rings. The Kier molecular flexibility index (Phi) is 6.32. The molecule has 1 atom stereocenters. The van der Waals surface area contributed by atoms with Gasteiger partial charge in [-0.15, -0.1) is 0 Å². The van der Waals surface area contributed by atoms with Gasteiger partial charge in [-0.2, -0.15) is 0 Å². The number of nitrogens with zero attached hydrogens (tertiary/aromatic N) is 1. The van der Waals surface area contributed by atoms with Gasteiger partial charge in [0.05, 0.1) is 6.10 Å². The zero-order valence-corrected chi connectivity index (χ0v) is 11.6. The molecule has 0 aliphatic rings. The van der Waals surface area contributed by atoms with Crippen LogP contribution in [0.1, 0.15) is 18.9 Å². The molecule has 1 unspecified atom stereocenters. The average Bonchev–Trinajstić information content (AvgIpc) is 2.37. The fourth-order valence-corrected chi connectivity index (χ4v) is 1.57. The second-order valence-electron chi connectivity index (χ2n) is 4.73. The predicted octanol–water partition coefficient (Wildman–Crippen LogP) is 1.05. The van der Waals surface area contributed by atoms with Crippen molar-refractivity contribution in [2.75, 3.05) is 26.7 Å². The molecule has 4 N–H and O–H groups in total. The molecule has 19 heavy (non-hydrogen) atoms. The molecule has 0 aliphatic heterocycles. The summed E-state index contributed by atoms with van der Waals surface area (Å²) in [7, 11) is 2.00. The molecule has 0 saturated heterocycles. The number of rotatable bonds is 8. The van der Waals surface area contributed by atoms with Crippen LogP contribution in [0.5, 0.6) is 5.75 Å². The van der Waals surface area contributed by atoms with Crippen molar-refractivity contribution in [3.8, 4) is 5.75 Å². The molecule has 0 heterocycles. The lowest BCUT2D eigenvalue weighted by Gasteiger charge is -2.17. The number of nitrogens with one attached hydrogen (secondary N) is 1. The van der Waals surface area contributed by atoms with E-state index in [2.05, 4.69) is 4.90 Å². The van der Waals surface area contributed by atoms with Gasteiger partial charge in [0.1, 0.15) is 18.2 Å². The third kappa shape index (κ3) is 6.22. The minimum atomic E-state index is -0.262. The Labute approximate surface area is 114 Å². The third-order valence-corrected chi connectivity index (χ3v) is 2.84. The fraction of sp³-hybridized carbons (Fsp3) is 0.500. The molecule has 1 aromatic carbocycles. The number of benzene rings is 1. The molecular formula is C14H23N3O2. The first-order chi connectivity index (χ1) is 8.99. The lowest BCUT2D eigenvalue weighted by Crippen LogP contribution is -2.27. The Hall–Kier alpha value is -1.59. The van der Waals surface area contributed by atoms with Crippen LogP contribution >= 0.6 is 0 Å². The number of hydrogen-bond acceptors (Lipinski definition) is 4. The number of aliphatic hydroxyl groups is 1. The normalized spacial score (nSPS) is 12.4. The van der Waals surface area contributed by atoms with Crippen LogP contribution in [0.4, 0.5) is 0 Å². The van der Waals surface area contributed by atoms with Crippen LogP contribution < -0.4 is 10.5 Å². The highest BCUT2D eigenvalue weighted by Gasteiger charge is 2.02. The SMILES string of the molecule is CC(O)CCN(C)CCOc1ccc(C(=N)N)cc1. The van der Waals surface area contributed by atoms with E-state index in [9.17, 15) is 5.11 Å². The number of hydrogen-bond donors (Lipinski definition) is 3. The highest BCUT2D eigenvalue weighted by molar-refractivity contribution is 5.94. The second-order valence-corrected chi connectivity index (χ2v) is 4.73. The van der Waals surface area contributed by atoms with Gasteiger partial charge in [-0.25, -0.2) is 0 Å². The van der Waals surface area contributed by atoms with Crippen molar-refractivity contribution in [2.24, 2.45) is 5.73 Å². The molecule has 1 rings (SSSR count). The molecule has 0 radical (unpaired) electrons. The summed E-state index contributed by atoms with van der Waals surface area (Å²) < 4.78 is 5.60. The van der Waals surface area contributed by atoms with E-state index in [1.165, 1.54) is 0 Å². The maximum atomic E-state index is 9.19. The highest BCUT2D eigenvalue weighted by atomic mass is 16.5. The number of aliphatic hydroxyl groups excluding tert-OH is 1. The Bertz CT molecular complexity index is 390. The zero-order valence-electron chi connectivity index (χ0n) is 11.6. The largest absolute Gasteiger partial charge is 0.492 e. The summed E-state index contributed by atoms with van der Waals surface area (Å²) in [6.45, 7) is 4.04. The maximum absolute atomic E-state index is 9.19. The Morgan fingerprint density at radius 1 is 1.37 bits per heavy atom. The molecule has 0 aromatic heterocycles. The molecule has 0 fully saturated rings. The first-order valence-corrected chi connectivity index (χ1v) is 6.43. The average molecular weight is 265 g/mol. The summed E-state index contributed by atoms with van der Waals surface area (Å²) in [5.74, 6) is 0.832. The van der Waals surface area contributed by atoms with E-state index in [1.807, 2.05) is 19.2 Å². The quantitative estimate of drug-likeness (QED) is 0.485. The summed E-state index contributed by atoms with van der Waals surface area (Å²) in [4.78, 5) is 2.12. The zero-order chi connectivity index (χ0) is 14.3. The Balaban J connectivity index is 2.27. The number of amidine groups is 1. The number of nitrogens with two attached hydrogens (primary N) is 1. The molecule has 106 valence electrons. The maximum Gasteiger partial charge on any atom is 0.122 e. The van der Waals surface area contributed by atoms with Crippen LogP contribution in [0.3, 0.4) is 0 Å². The van der Waals surface area contributed by atoms with Gasteiger partial charge in [-0.1, -0.05) is 0 Å². The van der Waals surface area contributed by atoms with E-state index in [0.717, 1.165) is 25.3 Å². The van der Waals surface area contributed by atoms with Crippen molar-refractivity contribution >= 4 is 5.84 Å². The van der Waals surface area contributed by atoms with Gasteiger partial charge in [-0.05, 0) is 44.7 Å². The van der Waals surface area contributed by atoms with Crippen molar-refractivity contribution in [1.82, 2.24) is 4.90 Å². The summed E-state index contributed by atoms with van der Waals surface area (Å²) in [5, 5.41) is 16.5. The van der Waals surface area contributed by atoms with Crippen LogP contribution in [-0.4, -0.2) is 48.7 Å². The summed E-state index contributed by atoms with van der Waals surface area (Å²) >= 11 is 0. The van der Waals surface area contributed by atoms with E-state index in [-0.39, 0.29) is 11.9 Å². The lowest BCUT2D eigenvalue weighted by atomic mass is 10.2. The molecule has 5 heteroatoms. The van der Waals surface area contributed by atoms with Gasteiger partial charge in [-0.3, -0.25) is 5.41 Å². The minimum Gasteiger partial charge on any atom is -0.492 e. The first-order valence-electron chi connectivity index (χ1n) is 6.43. The van der Waals surface area contributed by atoms with Crippen molar-refractivity contribution < 1.29 is 9.84 Å². The molecule has 0 bridgehead atoms. The highest BCUT2D eigenvalue weighted by Crippen LogP contribution is 2.11. The van der Waals surface area contributed by atoms with Crippen molar-refractivity contribution in [3.05, 3.63) is 29.8 Å². The van der Waals surface area contributed by atoms with Crippen LogP contribution in [0, 0.1) is 5.41 Å². The van der Waals surface area contributed by atoms with E-state index in [1.54, 1.807) is 19.1 Å². The predicted molar refractivity (Wildman–Crippen MR) is 76.7 cm³/mol. The van der Waals surface area contributed by atoms with Gasteiger partial charge < -0.3 is 20.5 Å². The van der Waals surface area contributed by atoms with Gasteiger partial charge in [0.2, 0.25) is 0 Å². The van der Waals surface area contributed by atoms with E-state index in [0.29, 0.717) is 12.2 Å². The van der Waals surface area contributed by atoms with Crippen molar-refractivity contribution in [1.29, 1.82) is 5.41 Å². The lowest BCUT2D eigenvalue weighted by molar-refractivity contribution is 0.157. The number of likely N-dealkylation sites (N-methyl/N-ethyl adjacent to an activating group) is 1. The van der Waals surface area contributed by atoms with E-state index >= 15 is 0 Å². The topological polar surface area (TPSA) is 82.6 Å². The van der Waals surface area contributed by atoms with Crippen LogP contribution in [0.25, 0.3) is 0 Å². The molecule has 0 amide bonds. The van der Waals surface area contributed by atoms with E-state index < -0.39 is 0 Å².